The molecule has 0 aromatic heterocycles. The van der Waals surface area contributed by atoms with Crippen molar-refractivity contribution in [3.63, 3.8) is 0 Å². The van der Waals surface area contributed by atoms with Gasteiger partial charge >= 0.3 is 0 Å². The summed E-state index contributed by atoms with van der Waals surface area (Å²) in [6.07, 6.45) is 0. The van der Waals surface area contributed by atoms with Gasteiger partial charge in [-0.1, -0.05) is 41.9 Å². The van der Waals surface area contributed by atoms with E-state index in [4.69, 9.17) is 16.3 Å². The van der Waals surface area contributed by atoms with Gasteiger partial charge in [-0.3, -0.25) is 4.79 Å². The molecule has 128 valence electrons. The van der Waals surface area contributed by atoms with Crippen molar-refractivity contribution in [1.82, 2.24) is 5.32 Å². The smallest absolute Gasteiger partial charge is 0.275 e. The minimum absolute atomic E-state index is 0.0228. The molecule has 2 rings (SSSR count). The van der Waals surface area contributed by atoms with E-state index in [1.165, 1.54) is 0 Å². The Bertz CT molecular complexity index is 632. The Hall–Kier alpha value is -2.04. The lowest BCUT2D eigenvalue weighted by molar-refractivity contribution is -0.871. The summed E-state index contributed by atoms with van der Waals surface area (Å²) >= 11 is 5.88. The number of quaternary nitrogens is 1. The van der Waals surface area contributed by atoms with E-state index in [2.05, 4.69) is 5.32 Å². The van der Waals surface area contributed by atoms with Gasteiger partial charge in [0.1, 0.15) is 18.9 Å². The Morgan fingerprint density at radius 2 is 1.83 bits per heavy atom. The van der Waals surface area contributed by atoms with Gasteiger partial charge in [0.25, 0.3) is 5.91 Å². The average Bonchev–Trinajstić information content (AvgIpc) is 2.56. The van der Waals surface area contributed by atoms with Crippen molar-refractivity contribution in [2.24, 2.45) is 0 Å². The summed E-state index contributed by atoms with van der Waals surface area (Å²) in [6, 6.07) is 17.2. The molecular formula is C19H24ClN2O2+. The largest absolute Gasteiger partial charge is 0.488 e. The molecule has 24 heavy (non-hydrogen) atoms. The van der Waals surface area contributed by atoms with E-state index in [1.807, 2.05) is 68.6 Å². The second kappa shape index (κ2) is 9.30. The first-order valence-corrected chi connectivity index (χ1v) is 8.46. The van der Waals surface area contributed by atoms with Crippen molar-refractivity contribution >= 4 is 17.5 Å². The van der Waals surface area contributed by atoms with Crippen LogP contribution in [0.4, 0.5) is 0 Å². The van der Waals surface area contributed by atoms with Crippen LogP contribution >= 0.6 is 11.6 Å². The number of ether oxygens (including phenoxy) is 1. The van der Waals surface area contributed by atoms with Crippen LogP contribution in [0.25, 0.3) is 0 Å². The van der Waals surface area contributed by atoms with Crippen LogP contribution in [0.15, 0.2) is 54.6 Å². The zero-order valence-electron chi connectivity index (χ0n) is 14.1. The molecule has 5 heteroatoms. The Labute approximate surface area is 148 Å². The van der Waals surface area contributed by atoms with Crippen LogP contribution in [0.1, 0.15) is 18.5 Å². The molecule has 2 N–H and O–H groups in total. The van der Waals surface area contributed by atoms with Crippen molar-refractivity contribution < 1.29 is 14.4 Å². The number of likely N-dealkylation sites (N-methyl/N-ethyl adjacent to an activating group) is 1. The summed E-state index contributed by atoms with van der Waals surface area (Å²) in [5, 5.41) is 3.71. The van der Waals surface area contributed by atoms with E-state index >= 15 is 0 Å². The maximum atomic E-state index is 12.1. The summed E-state index contributed by atoms with van der Waals surface area (Å²) < 4.78 is 5.65. The topological polar surface area (TPSA) is 42.8 Å². The molecule has 0 aliphatic rings. The second-order valence-corrected chi connectivity index (χ2v) is 6.32. The van der Waals surface area contributed by atoms with Gasteiger partial charge in [0, 0.05) is 5.02 Å². The molecule has 0 saturated heterocycles. The monoisotopic (exact) mass is 347 g/mol. The fourth-order valence-electron chi connectivity index (χ4n) is 2.35. The minimum atomic E-state index is -0.0388. The lowest BCUT2D eigenvalue weighted by atomic mass is 10.1. The first-order chi connectivity index (χ1) is 11.5. The molecular weight excluding hydrogens is 324 g/mol. The average molecular weight is 348 g/mol. The Balaban J connectivity index is 1.70. The van der Waals surface area contributed by atoms with Crippen molar-refractivity contribution in [3.05, 3.63) is 65.2 Å². The molecule has 0 saturated carbocycles. The van der Waals surface area contributed by atoms with Crippen LogP contribution < -0.4 is 15.0 Å². The van der Waals surface area contributed by atoms with Crippen molar-refractivity contribution in [3.8, 4) is 5.75 Å². The van der Waals surface area contributed by atoms with E-state index in [9.17, 15) is 4.79 Å². The molecule has 0 heterocycles. The maximum Gasteiger partial charge on any atom is 0.275 e. The van der Waals surface area contributed by atoms with Gasteiger partial charge in [-0.05, 0) is 36.8 Å². The highest BCUT2D eigenvalue weighted by atomic mass is 35.5. The van der Waals surface area contributed by atoms with Gasteiger partial charge in [-0.25, -0.2) is 0 Å². The van der Waals surface area contributed by atoms with Crippen molar-refractivity contribution in [2.75, 3.05) is 26.7 Å². The van der Waals surface area contributed by atoms with Crippen LogP contribution in [-0.4, -0.2) is 32.7 Å². The number of rotatable bonds is 8. The van der Waals surface area contributed by atoms with E-state index < -0.39 is 0 Å². The SMILES string of the molecule is C[C@@H](NC(=O)C[NH+](C)CCOc1ccccc1)c1ccc(Cl)cc1. The van der Waals surface area contributed by atoms with E-state index in [1.54, 1.807) is 0 Å². The van der Waals surface area contributed by atoms with E-state index in [0.29, 0.717) is 18.2 Å². The summed E-state index contributed by atoms with van der Waals surface area (Å²) in [7, 11) is 1.99. The number of amides is 1. The van der Waals surface area contributed by atoms with Crippen LogP contribution in [0.2, 0.25) is 5.02 Å². The highest BCUT2D eigenvalue weighted by Gasteiger charge is 2.13. The molecule has 0 radical (unpaired) electrons. The van der Waals surface area contributed by atoms with Crippen LogP contribution in [0.3, 0.4) is 0 Å². The number of hydrogen-bond acceptors (Lipinski definition) is 2. The van der Waals surface area contributed by atoms with Crippen molar-refractivity contribution in [1.29, 1.82) is 0 Å². The Morgan fingerprint density at radius 1 is 1.17 bits per heavy atom. The number of carbonyl (C=O) groups excluding carboxylic acids is 1. The van der Waals surface area contributed by atoms with Crippen LogP contribution in [0, 0.1) is 0 Å². The quantitative estimate of drug-likeness (QED) is 0.768. The van der Waals surface area contributed by atoms with Gasteiger partial charge in [0.2, 0.25) is 0 Å². The third kappa shape index (κ3) is 6.22. The highest BCUT2D eigenvalue weighted by molar-refractivity contribution is 6.30. The fourth-order valence-corrected chi connectivity index (χ4v) is 2.48. The Morgan fingerprint density at radius 3 is 2.50 bits per heavy atom. The number of halogens is 1. The molecule has 0 spiro atoms. The second-order valence-electron chi connectivity index (χ2n) is 5.89. The molecule has 1 amide bonds. The molecule has 1 unspecified atom stereocenters. The first kappa shape index (κ1) is 18.3. The van der Waals surface area contributed by atoms with E-state index in [-0.39, 0.29) is 11.9 Å². The molecule has 4 nitrogen and oxygen atoms in total. The Kier molecular flexibility index (Phi) is 7.09. The first-order valence-electron chi connectivity index (χ1n) is 8.08. The highest BCUT2D eigenvalue weighted by Crippen LogP contribution is 2.15. The molecule has 2 atom stereocenters. The summed E-state index contributed by atoms with van der Waals surface area (Å²) in [4.78, 5) is 13.2. The molecule has 2 aromatic carbocycles. The normalized spacial score (nSPS) is 13.1. The van der Waals surface area contributed by atoms with Crippen LogP contribution in [-0.2, 0) is 4.79 Å². The number of nitrogens with one attached hydrogen (secondary N) is 2. The summed E-state index contributed by atoms with van der Waals surface area (Å²) in [6.45, 7) is 3.72. The third-order valence-corrected chi connectivity index (χ3v) is 4.00. The predicted molar refractivity (Wildman–Crippen MR) is 96.6 cm³/mol. The summed E-state index contributed by atoms with van der Waals surface area (Å²) in [5.41, 5.74) is 1.04. The molecule has 0 bridgehead atoms. The van der Waals surface area contributed by atoms with Crippen molar-refractivity contribution in [2.45, 2.75) is 13.0 Å². The molecule has 0 aliphatic heterocycles. The van der Waals surface area contributed by atoms with Gasteiger partial charge in [-0.15, -0.1) is 0 Å². The molecule has 0 fully saturated rings. The maximum absolute atomic E-state index is 12.1. The standard InChI is InChI=1S/C19H23ClN2O2/c1-15(16-8-10-17(20)11-9-16)21-19(23)14-22(2)12-13-24-18-6-4-3-5-7-18/h3-11,15H,12-14H2,1-2H3,(H,21,23)/p+1/t15-/m1/s1. The number of hydrogen-bond donors (Lipinski definition) is 2. The predicted octanol–water partition coefficient (Wildman–Crippen LogP) is 2.11. The zero-order valence-corrected chi connectivity index (χ0v) is 14.8. The van der Waals surface area contributed by atoms with E-state index in [0.717, 1.165) is 22.8 Å². The molecule has 2 aromatic rings. The van der Waals surface area contributed by atoms with Gasteiger partial charge in [0.05, 0.1) is 13.1 Å². The van der Waals surface area contributed by atoms with Crippen LogP contribution in [0.5, 0.6) is 5.75 Å². The third-order valence-electron chi connectivity index (χ3n) is 3.75. The number of benzene rings is 2. The van der Waals surface area contributed by atoms with Gasteiger partial charge in [-0.2, -0.15) is 0 Å². The fraction of sp³-hybridized carbons (Fsp3) is 0.316. The summed E-state index contributed by atoms with van der Waals surface area (Å²) in [5.74, 6) is 0.876. The number of carbonyl (C=O) groups is 1. The minimum Gasteiger partial charge on any atom is -0.488 e. The zero-order chi connectivity index (χ0) is 17.4. The lowest BCUT2D eigenvalue weighted by Gasteiger charge is -2.17. The number of para-hydroxylation sites is 1. The lowest BCUT2D eigenvalue weighted by Crippen LogP contribution is -3.10. The molecule has 0 aliphatic carbocycles. The van der Waals surface area contributed by atoms with Gasteiger partial charge in [0.15, 0.2) is 6.54 Å². The van der Waals surface area contributed by atoms with Gasteiger partial charge < -0.3 is 15.0 Å².